The molecule has 0 atom stereocenters. The van der Waals surface area contributed by atoms with Crippen molar-refractivity contribution in [2.45, 2.75) is 24.5 Å². The number of benzene rings is 2. The highest BCUT2D eigenvalue weighted by Gasteiger charge is 2.13. The Morgan fingerprint density at radius 2 is 1.84 bits per heavy atom. The van der Waals surface area contributed by atoms with E-state index in [1.165, 1.54) is 30.2 Å². The molecule has 25 heavy (non-hydrogen) atoms. The molecule has 2 N–H and O–H groups in total. The number of hydrogen-bond donors (Lipinski definition) is 2. The molecule has 5 nitrogen and oxygen atoms in total. The van der Waals surface area contributed by atoms with Crippen LogP contribution in [0.25, 0.3) is 0 Å². The predicted molar refractivity (Wildman–Crippen MR) is 103 cm³/mol. The number of rotatable bonds is 8. The molecule has 0 heterocycles. The van der Waals surface area contributed by atoms with Crippen molar-refractivity contribution in [3.05, 3.63) is 59.7 Å². The Balaban J connectivity index is 1.80. The van der Waals surface area contributed by atoms with Crippen LogP contribution >= 0.6 is 11.8 Å². The van der Waals surface area contributed by atoms with Crippen LogP contribution in [0, 0.1) is 6.92 Å². The maximum atomic E-state index is 12.2. The summed E-state index contributed by atoms with van der Waals surface area (Å²) in [4.78, 5) is 11.2. The topological polar surface area (TPSA) is 75.3 Å². The normalized spacial score (nSPS) is 11.3. The molecule has 2 aromatic rings. The SMILES string of the molecule is CC(=O)Nc1ccc(S(=O)(=O)NCCSCc2cccc(C)c2)cc1. The molecule has 0 aliphatic rings. The van der Waals surface area contributed by atoms with Crippen molar-refractivity contribution in [3.63, 3.8) is 0 Å². The van der Waals surface area contributed by atoms with Crippen molar-refractivity contribution in [3.8, 4) is 0 Å². The van der Waals surface area contributed by atoms with Crippen LogP contribution in [0.4, 0.5) is 5.69 Å². The Labute approximate surface area is 153 Å². The minimum atomic E-state index is -3.53. The van der Waals surface area contributed by atoms with Gasteiger partial charge in [-0.25, -0.2) is 13.1 Å². The average molecular weight is 379 g/mol. The third-order valence-electron chi connectivity index (χ3n) is 3.37. The summed E-state index contributed by atoms with van der Waals surface area (Å²) in [6.45, 7) is 3.83. The van der Waals surface area contributed by atoms with Crippen LogP contribution in [0.2, 0.25) is 0 Å². The van der Waals surface area contributed by atoms with Crippen LogP contribution in [0.1, 0.15) is 18.1 Å². The Kier molecular flexibility index (Phi) is 7.04. The van der Waals surface area contributed by atoms with E-state index in [0.29, 0.717) is 18.0 Å². The molecule has 0 fully saturated rings. The number of carbonyl (C=O) groups is 1. The second-order valence-corrected chi connectivity index (χ2v) is 8.52. The highest BCUT2D eigenvalue weighted by Crippen LogP contribution is 2.15. The maximum Gasteiger partial charge on any atom is 0.240 e. The van der Waals surface area contributed by atoms with Crippen LogP contribution in [0.15, 0.2) is 53.4 Å². The molecular formula is C18H22N2O3S2. The van der Waals surface area contributed by atoms with E-state index < -0.39 is 10.0 Å². The van der Waals surface area contributed by atoms with Crippen molar-refractivity contribution in [2.75, 3.05) is 17.6 Å². The third-order valence-corrected chi connectivity index (χ3v) is 5.88. The molecule has 0 radical (unpaired) electrons. The van der Waals surface area contributed by atoms with E-state index in [4.69, 9.17) is 0 Å². The lowest BCUT2D eigenvalue weighted by atomic mass is 10.2. The van der Waals surface area contributed by atoms with Gasteiger partial charge in [0.1, 0.15) is 0 Å². The fourth-order valence-corrected chi connectivity index (χ4v) is 4.21. The molecule has 0 bridgehead atoms. The molecule has 0 saturated carbocycles. The number of amides is 1. The van der Waals surface area contributed by atoms with Crippen LogP contribution in [-0.2, 0) is 20.6 Å². The van der Waals surface area contributed by atoms with Crippen molar-refractivity contribution >= 4 is 33.4 Å². The first kappa shape index (κ1) is 19.5. The molecule has 2 rings (SSSR count). The van der Waals surface area contributed by atoms with E-state index in [1.54, 1.807) is 23.9 Å². The zero-order chi connectivity index (χ0) is 18.3. The number of aryl methyl sites for hydroxylation is 1. The van der Waals surface area contributed by atoms with E-state index in [0.717, 1.165) is 5.75 Å². The molecule has 0 saturated heterocycles. The van der Waals surface area contributed by atoms with Gasteiger partial charge in [0.25, 0.3) is 0 Å². The second-order valence-electron chi connectivity index (χ2n) is 5.64. The Hall–Kier alpha value is -1.83. The van der Waals surface area contributed by atoms with Gasteiger partial charge in [-0.1, -0.05) is 29.8 Å². The van der Waals surface area contributed by atoms with Gasteiger partial charge in [-0.05, 0) is 36.8 Å². The fourth-order valence-electron chi connectivity index (χ4n) is 2.24. The summed E-state index contributed by atoms with van der Waals surface area (Å²) < 4.78 is 27.1. The number of anilines is 1. The zero-order valence-electron chi connectivity index (χ0n) is 14.3. The standard InChI is InChI=1S/C18H22N2O3S2/c1-14-4-3-5-16(12-14)13-24-11-10-19-25(22,23)18-8-6-17(7-9-18)20-15(2)21/h3-9,12,19H,10-11,13H2,1-2H3,(H,20,21). The fraction of sp³-hybridized carbons (Fsp3) is 0.278. The lowest BCUT2D eigenvalue weighted by Crippen LogP contribution is -2.26. The minimum Gasteiger partial charge on any atom is -0.326 e. The first-order chi connectivity index (χ1) is 11.9. The smallest absolute Gasteiger partial charge is 0.240 e. The molecular weight excluding hydrogens is 356 g/mol. The minimum absolute atomic E-state index is 0.185. The number of hydrogen-bond acceptors (Lipinski definition) is 4. The van der Waals surface area contributed by atoms with Gasteiger partial charge in [-0.3, -0.25) is 4.79 Å². The molecule has 1 amide bonds. The van der Waals surface area contributed by atoms with E-state index in [9.17, 15) is 13.2 Å². The van der Waals surface area contributed by atoms with Gasteiger partial charge < -0.3 is 5.32 Å². The van der Waals surface area contributed by atoms with Gasteiger partial charge in [0, 0.05) is 30.7 Å². The second kappa shape index (κ2) is 9.03. The first-order valence-corrected chi connectivity index (χ1v) is 10.5. The van der Waals surface area contributed by atoms with Crippen LogP contribution in [-0.4, -0.2) is 26.6 Å². The van der Waals surface area contributed by atoms with Gasteiger partial charge in [0.2, 0.25) is 15.9 Å². The third kappa shape index (κ3) is 6.53. The number of thioether (sulfide) groups is 1. The monoisotopic (exact) mass is 378 g/mol. The molecule has 0 aromatic heterocycles. The quantitative estimate of drug-likeness (QED) is 0.692. The summed E-state index contributed by atoms with van der Waals surface area (Å²) in [5.41, 5.74) is 3.03. The lowest BCUT2D eigenvalue weighted by molar-refractivity contribution is -0.114. The van der Waals surface area contributed by atoms with E-state index in [2.05, 4.69) is 35.2 Å². The van der Waals surface area contributed by atoms with Crippen molar-refractivity contribution in [1.29, 1.82) is 0 Å². The summed E-state index contributed by atoms with van der Waals surface area (Å²) in [6.07, 6.45) is 0. The van der Waals surface area contributed by atoms with Crippen molar-refractivity contribution in [1.82, 2.24) is 4.72 Å². The van der Waals surface area contributed by atoms with E-state index in [1.807, 2.05) is 6.07 Å². The summed E-state index contributed by atoms with van der Waals surface area (Å²) in [5.74, 6) is 1.35. The van der Waals surface area contributed by atoms with Crippen LogP contribution < -0.4 is 10.0 Å². The lowest BCUT2D eigenvalue weighted by Gasteiger charge is -2.08. The first-order valence-electron chi connectivity index (χ1n) is 7.87. The summed E-state index contributed by atoms with van der Waals surface area (Å²) in [5, 5.41) is 2.61. The molecule has 0 aliphatic heterocycles. The Bertz CT molecular complexity index is 818. The number of nitrogens with one attached hydrogen (secondary N) is 2. The maximum absolute atomic E-state index is 12.2. The van der Waals surface area contributed by atoms with Gasteiger partial charge in [-0.15, -0.1) is 0 Å². The average Bonchev–Trinajstić information content (AvgIpc) is 2.54. The van der Waals surface area contributed by atoms with Crippen LogP contribution in [0.3, 0.4) is 0 Å². The Morgan fingerprint density at radius 3 is 2.48 bits per heavy atom. The van der Waals surface area contributed by atoms with E-state index in [-0.39, 0.29) is 10.8 Å². The largest absolute Gasteiger partial charge is 0.326 e. The van der Waals surface area contributed by atoms with Crippen LogP contribution in [0.5, 0.6) is 0 Å². The summed E-state index contributed by atoms with van der Waals surface area (Å²) in [7, 11) is -3.53. The van der Waals surface area contributed by atoms with Gasteiger partial charge >= 0.3 is 0 Å². The van der Waals surface area contributed by atoms with Crippen molar-refractivity contribution in [2.24, 2.45) is 0 Å². The summed E-state index contributed by atoms with van der Waals surface area (Å²) >= 11 is 1.69. The number of sulfonamides is 1. The van der Waals surface area contributed by atoms with E-state index >= 15 is 0 Å². The molecule has 0 spiro atoms. The number of carbonyl (C=O) groups excluding carboxylic acids is 1. The van der Waals surface area contributed by atoms with Gasteiger partial charge in [-0.2, -0.15) is 11.8 Å². The predicted octanol–water partition coefficient (Wildman–Crippen LogP) is 3.17. The molecule has 134 valence electrons. The molecule has 7 heteroatoms. The van der Waals surface area contributed by atoms with Gasteiger partial charge in [0.15, 0.2) is 0 Å². The Morgan fingerprint density at radius 1 is 1.12 bits per heavy atom. The molecule has 2 aromatic carbocycles. The van der Waals surface area contributed by atoms with Crippen molar-refractivity contribution < 1.29 is 13.2 Å². The summed E-state index contributed by atoms with van der Waals surface area (Å²) in [6, 6.07) is 14.4. The van der Waals surface area contributed by atoms with Gasteiger partial charge in [0.05, 0.1) is 4.90 Å². The highest BCUT2D eigenvalue weighted by molar-refractivity contribution is 7.98. The zero-order valence-corrected chi connectivity index (χ0v) is 15.9. The molecule has 0 unspecified atom stereocenters. The molecule has 0 aliphatic carbocycles. The highest BCUT2D eigenvalue weighted by atomic mass is 32.2.